The lowest BCUT2D eigenvalue weighted by Gasteiger charge is -2.22. The molecule has 0 bridgehead atoms. The summed E-state index contributed by atoms with van der Waals surface area (Å²) in [7, 11) is 0. The Hall–Kier alpha value is -1.40. The average molecular weight is 862 g/mol. The first-order valence-electron chi connectivity index (χ1n) is 27.4. The molecule has 0 saturated heterocycles. The van der Waals surface area contributed by atoms with E-state index in [9.17, 15) is 19.8 Å². The summed E-state index contributed by atoms with van der Waals surface area (Å²) in [5, 5.41) is 23.1. The molecule has 0 radical (unpaired) electrons. The third kappa shape index (κ3) is 47.9. The van der Waals surface area contributed by atoms with Crippen molar-refractivity contribution in [3.05, 3.63) is 12.2 Å². The summed E-state index contributed by atoms with van der Waals surface area (Å²) in [6, 6.07) is -0.544. The number of aliphatic hydroxyl groups excluding tert-OH is 2. The van der Waals surface area contributed by atoms with E-state index in [2.05, 4.69) is 31.3 Å². The molecule has 6 nitrogen and oxygen atoms in total. The normalized spacial score (nSPS) is 12.7. The molecule has 0 saturated carbocycles. The maximum absolute atomic E-state index is 12.4. The van der Waals surface area contributed by atoms with Gasteiger partial charge in [-0.1, -0.05) is 251 Å². The number of aliphatic hydroxyl groups is 2. The SMILES string of the molecule is CCCCCCCCCCCCCCC(=O)OCCCCCCCCCCCC/C=C\CCCCCCCCCC(=O)NC(CO)C(O)CCCCCCCCCCCCC. The Labute approximate surface area is 380 Å². The van der Waals surface area contributed by atoms with Crippen LogP contribution < -0.4 is 5.32 Å². The van der Waals surface area contributed by atoms with E-state index in [0.29, 0.717) is 25.9 Å². The van der Waals surface area contributed by atoms with Crippen molar-refractivity contribution in [2.45, 2.75) is 315 Å². The van der Waals surface area contributed by atoms with Crippen LogP contribution in [0.5, 0.6) is 0 Å². The van der Waals surface area contributed by atoms with Gasteiger partial charge in [0.1, 0.15) is 0 Å². The lowest BCUT2D eigenvalue weighted by atomic mass is 10.0. The molecule has 0 aromatic rings. The summed E-state index contributed by atoms with van der Waals surface area (Å²) < 4.78 is 5.46. The molecule has 61 heavy (non-hydrogen) atoms. The Bertz CT molecular complexity index is 909. The number of allylic oxidation sites excluding steroid dienone is 2. The number of amides is 1. The van der Waals surface area contributed by atoms with Crippen molar-refractivity contribution in [2.75, 3.05) is 13.2 Å². The molecule has 0 aliphatic carbocycles. The second-order valence-corrected chi connectivity index (χ2v) is 18.9. The molecule has 0 aliphatic rings. The Morgan fingerprint density at radius 2 is 0.770 bits per heavy atom. The number of rotatable bonds is 51. The summed E-state index contributed by atoms with van der Waals surface area (Å²) in [5.41, 5.74) is 0. The number of hydrogen-bond acceptors (Lipinski definition) is 5. The second-order valence-electron chi connectivity index (χ2n) is 18.9. The smallest absolute Gasteiger partial charge is 0.305 e. The zero-order valence-electron chi connectivity index (χ0n) is 41.2. The van der Waals surface area contributed by atoms with Gasteiger partial charge in [-0.25, -0.2) is 0 Å². The molecule has 0 fully saturated rings. The first-order valence-corrected chi connectivity index (χ1v) is 27.4. The highest BCUT2D eigenvalue weighted by molar-refractivity contribution is 5.76. The zero-order chi connectivity index (χ0) is 44.4. The van der Waals surface area contributed by atoms with E-state index >= 15 is 0 Å². The minimum atomic E-state index is -0.666. The zero-order valence-corrected chi connectivity index (χ0v) is 41.2. The quantitative estimate of drug-likeness (QED) is 0.0322. The molecule has 0 rings (SSSR count). The minimum absolute atomic E-state index is 0.00901. The van der Waals surface area contributed by atoms with Crippen LogP contribution in [0.3, 0.4) is 0 Å². The van der Waals surface area contributed by atoms with Gasteiger partial charge in [0, 0.05) is 12.8 Å². The second kappa shape index (κ2) is 51.2. The van der Waals surface area contributed by atoms with Crippen LogP contribution >= 0.6 is 0 Å². The van der Waals surface area contributed by atoms with E-state index in [-0.39, 0.29) is 18.5 Å². The minimum Gasteiger partial charge on any atom is -0.466 e. The topological polar surface area (TPSA) is 95.9 Å². The highest BCUT2D eigenvalue weighted by Crippen LogP contribution is 2.17. The monoisotopic (exact) mass is 862 g/mol. The van der Waals surface area contributed by atoms with E-state index in [1.807, 2.05) is 0 Å². The lowest BCUT2D eigenvalue weighted by Crippen LogP contribution is -2.45. The summed E-state index contributed by atoms with van der Waals surface area (Å²) in [6.07, 6.45) is 59.1. The largest absolute Gasteiger partial charge is 0.466 e. The molecule has 0 aromatic heterocycles. The van der Waals surface area contributed by atoms with E-state index in [1.54, 1.807) is 0 Å². The van der Waals surface area contributed by atoms with Crippen molar-refractivity contribution in [1.29, 1.82) is 0 Å². The molecule has 2 unspecified atom stereocenters. The summed E-state index contributed by atoms with van der Waals surface area (Å²) in [5.74, 6) is -0.0340. The maximum atomic E-state index is 12.4. The van der Waals surface area contributed by atoms with E-state index in [4.69, 9.17) is 4.74 Å². The lowest BCUT2D eigenvalue weighted by molar-refractivity contribution is -0.143. The van der Waals surface area contributed by atoms with Crippen LogP contribution in [-0.4, -0.2) is 47.4 Å². The van der Waals surface area contributed by atoms with Gasteiger partial charge in [0.25, 0.3) is 0 Å². The Morgan fingerprint density at radius 1 is 0.443 bits per heavy atom. The molecule has 0 aliphatic heterocycles. The molecular formula is C55H107NO5. The van der Waals surface area contributed by atoms with Crippen LogP contribution in [-0.2, 0) is 14.3 Å². The van der Waals surface area contributed by atoms with Gasteiger partial charge in [0.15, 0.2) is 0 Å². The van der Waals surface area contributed by atoms with Crippen LogP contribution in [0, 0.1) is 0 Å². The van der Waals surface area contributed by atoms with Crippen molar-refractivity contribution in [2.24, 2.45) is 0 Å². The molecule has 0 spiro atoms. The van der Waals surface area contributed by atoms with E-state index < -0.39 is 12.1 Å². The van der Waals surface area contributed by atoms with Gasteiger partial charge in [-0.15, -0.1) is 0 Å². The number of carbonyl (C=O) groups excluding carboxylic acids is 2. The van der Waals surface area contributed by atoms with Crippen molar-refractivity contribution in [1.82, 2.24) is 5.32 Å². The third-order valence-electron chi connectivity index (χ3n) is 12.8. The van der Waals surface area contributed by atoms with E-state index in [0.717, 1.165) is 38.5 Å². The van der Waals surface area contributed by atoms with Crippen molar-refractivity contribution < 1.29 is 24.5 Å². The number of carbonyl (C=O) groups is 2. The Balaban J connectivity index is 3.40. The number of ether oxygens (including phenoxy) is 1. The first-order chi connectivity index (χ1) is 30.0. The Kier molecular flexibility index (Phi) is 50.1. The third-order valence-corrected chi connectivity index (χ3v) is 12.8. The van der Waals surface area contributed by atoms with Crippen molar-refractivity contribution >= 4 is 11.9 Å². The number of hydrogen-bond donors (Lipinski definition) is 3. The van der Waals surface area contributed by atoms with E-state index in [1.165, 1.54) is 231 Å². The van der Waals surface area contributed by atoms with Crippen LogP contribution in [0.25, 0.3) is 0 Å². The van der Waals surface area contributed by atoms with Crippen LogP contribution in [0.4, 0.5) is 0 Å². The van der Waals surface area contributed by atoms with Crippen molar-refractivity contribution in [3.63, 3.8) is 0 Å². The first kappa shape index (κ1) is 59.6. The predicted octanol–water partition coefficient (Wildman–Crippen LogP) is 16.5. The van der Waals surface area contributed by atoms with Gasteiger partial charge in [0.05, 0.1) is 25.4 Å². The van der Waals surface area contributed by atoms with Gasteiger partial charge in [-0.05, 0) is 51.4 Å². The fourth-order valence-electron chi connectivity index (χ4n) is 8.58. The van der Waals surface area contributed by atoms with Gasteiger partial charge in [-0.2, -0.15) is 0 Å². The molecule has 3 N–H and O–H groups in total. The van der Waals surface area contributed by atoms with Crippen LogP contribution in [0.1, 0.15) is 303 Å². The van der Waals surface area contributed by atoms with Gasteiger partial charge < -0.3 is 20.3 Å². The molecule has 362 valence electrons. The number of nitrogens with one attached hydrogen (secondary N) is 1. The number of esters is 1. The van der Waals surface area contributed by atoms with Gasteiger partial charge in [0.2, 0.25) is 5.91 Å². The van der Waals surface area contributed by atoms with Crippen molar-refractivity contribution in [3.8, 4) is 0 Å². The highest BCUT2D eigenvalue weighted by Gasteiger charge is 2.20. The highest BCUT2D eigenvalue weighted by atomic mass is 16.5. The van der Waals surface area contributed by atoms with Crippen LogP contribution in [0.15, 0.2) is 12.2 Å². The van der Waals surface area contributed by atoms with Gasteiger partial charge in [-0.3, -0.25) is 9.59 Å². The van der Waals surface area contributed by atoms with Gasteiger partial charge >= 0.3 is 5.97 Å². The van der Waals surface area contributed by atoms with Crippen LogP contribution in [0.2, 0.25) is 0 Å². The molecule has 0 aromatic carbocycles. The number of unbranched alkanes of at least 4 members (excludes halogenated alkanes) is 38. The summed E-state index contributed by atoms with van der Waals surface area (Å²) in [6.45, 7) is 4.94. The maximum Gasteiger partial charge on any atom is 0.305 e. The summed E-state index contributed by atoms with van der Waals surface area (Å²) >= 11 is 0. The fraction of sp³-hybridized carbons (Fsp3) is 0.927. The molecule has 1 amide bonds. The molecule has 2 atom stereocenters. The fourth-order valence-corrected chi connectivity index (χ4v) is 8.58. The summed E-state index contributed by atoms with van der Waals surface area (Å²) in [4.78, 5) is 24.4. The predicted molar refractivity (Wildman–Crippen MR) is 264 cm³/mol. The molecule has 6 heteroatoms. The Morgan fingerprint density at radius 3 is 1.16 bits per heavy atom. The average Bonchev–Trinajstić information content (AvgIpc) is 3.26. The molecule has 0 heterocycles. The molecular weight excluding hydrogens is 755 g/mol. The standard InChI is InChI=1S/C55H107NO5/c1-3-5-7-9-11-13-15-29-33-37-41-45-49-55(60)61-50-46-42-38-34-30-26-24-22-20-18-16-17-19-21-23-25-28-32-36-40-44-48-54(59)56-52(51-57)53(58)47-43-39-35-31-27-14-12-10-8-6-4-2/h17,19,52-53,57-58H,3-16,18,20-51H2,1-2H3,(H,56,59)/b19-17-.